The Kier molecular flexibility index (Phi) is 3.02. The third-order valence-electron chi connectivity index (χ3n) is 2.69. The van der Waals surface area contributed by atoms with Crippen molar-refractivity contribution in [1.82, 2.24) is 9.97 Å². The maximum atomic E-state index is 5.75. The summed E-state index contributed by atoms with van der Waals surface area (Å²) in [5, 5.41) is 1.15. The van der Waals surface area contributed by atoms with Crippen molar-refractivity contribution in [3.63, 3.8) is 0 Å². The van der Waals surface area contributed by atoms with Gasteiger partial charge in [-0.3, -0.25) is 4.98 Å². The molecule has 0 atom stereocenters. The highest BCUT2D eigenvalue weighted by Gasteiger charge is 2.00. The van der Waals surface area contributed by atoms with Gasteiger partial charge in [-0.2, -0.15) is 0 Å². The molecule has 1 aromatic carbocycles. The maximum absolute atomic E-state index is 5.75. The number of pyridine rings is 1. The summed E-state index contributed by atoms with van der Waals surface area (Å²) >= 11 is 3.39. The van der Waals surface area contributed by atoms with Gasteiger partial charge in [0.15, 0.2) is 0 Å². The van der Waals surface area contributed by atoms with Crippen molar-refractivity contribution in [2.45, 2.75) is 6.61 Å². The van der Waals surface area contributed by atoms with Gasteiger partial charge in [0.1, 0.15) is 12.4 Å². The van der Waals surface area contributed by atoms with E-state index in [-0.39, 0.29) is 0 Å². The Morgan fingerprint density at radius 2 is 2.11 bits per heavy atom. The zero-order valence-corrected chi connectivity index (χ0v) is 11.1. The Labute approximate surface area is 113 Å². The molecule has 0 spiro atoms. The molecule has 0 unspecified atom stereocenters. The lowest BCUT2D eigenvalue weighted by Gasteiger charge is -2.06. The summed E-state index contributed by atoms with van der Waals surface area (Å²) in [7, 11) is 0. The first-order valence-electron chi connectivity index (χ1n) is 5.61. The van der Waals surface area contributed by atoms with Gasteiger partial charge in [0, 0.05) is 39.5 Å². The smallest absolute Gasteiger partial charge is 0.120 e. The van der Waals surface area contributed by atoms with Crippen LogP contribution in [0.5, 0.6) is 5.75 Å². The summed E-state index contributed by atoms with van der Waals surface area (Å²) in [6.07, 6.45) is 5.49. The van der Waals surface area contributed by atoms with Gasteiger partial charge < -0.3 is 9.72 Å². The number of ether oxygens (including phenoxy) is 1. The molecule has 18 heavy (non-hydrogen) atoms. The number of halogens is 1. The molecule has 3 aromatic rings. The number of H-pyrrole nitrogens is 1. The Bertz CT molecular complexity index is 678. The zero-order valence-electron chi connectivity index (χ0n) is 9.56. The zero-order chi connectivity index (χ0) is 12.4. The molecule has 2 heterocycles. The van der Waals surface area contributed by atoms with Crippen LogP contribution >= 0.6 is 15.9 Å². The number of aromatic amines is 1. The predicted molar refractivity (Wildman–Crippen MR) is 74.6 cm³/mol. The molecule has 4 heteroatoms. The van der Waals surface area contributed by atoms with Gasteiger partial charge in [0.2, 0.25) is 0 Å². The van der Waals surface area contributed by atoms with E-state index in [0.29, 0.717) is 6.61 Å². The second-order valence-corrected chi connectivity index (χ2v) is 4.94. The lowest BCUT2D eigenvalue weighted by atomic mass is 10.2. The van der Waals surface area contributed by atoms with Crippen LogP contribution in [0.3, 0.4) is 0 Å². The van der Waals surface area contributed by atoms with Gasteiger partial charge in [-0.25, -0.2) is 0 Å². The monoisotopic (exact) mass is 302 g/mol. The normalized spacial score (nSPS) is 10.7. The summed E-state index contributed by atoms with van der Waals surface area (Å²) in [6.45, 7) is 0.516. The molecule has 0 fully saturated rings. The molecule has 0 aliphatic rings. The SMILES string of the molecule is Brc1cncc(COc2ccc3[nH]ccc3c2)c1. The van der Waals surface area contributed by atoms with Crippen molar-refractivity contribution in [2.24, 2.45) is 0 Å². The van der Waals surface area contributed by atoms with E-state index in [9.17, 15) is 0 Å². The van der Waals surface area contributed by atoms with Crippen molar-refractivity contribution in [2.75, 3.05) is 0 Å². The van der Waals surface area contributed by atoms with E-state index in [4.69, 9.17) is 4.74 Å². The lowest BCUT2D eigenvalue weighted by molar-refractivity contribution is 0.306. The molecule has 0 bridgehead atoms. The number of nitrogens with one attached hydrogen (secondary N) is 1. The molecular weight excluding hydrogens is 292 g/mol. The van der Waals surface area contributed by atoms with Crippen LogP contribution in [-0.2, 0) is 6.61 Å². The molecular formula is C14H11BrN2O. The van der Waals surface area contributed by atoms with Crippen molar-refractivity contribution in [1.29, 1.82) is 0 Å². The van der Waals surface area contributed by atoms with Gasteiger partial charge in [-0.1, -0.05) is 0 Å². The first-order valence-corrected chi connectivity index (χ1v) is 6.40. The molecule has 3 rings (SSSR count). The molecule has 0 aliphatic heterocycles. The summed E-state index contributed by atoms with van der Waals surface area (Å²) in [5.41, 5.74) is 2.16. The highest BCUT2D eigenvalue weighted by Crippen LogP contribution is 2.20. The number of fused-ring (bicyclic) bond motifs is 1. The largest absolute Gasteiger partial charge is 0.489 e. The van der Waals surface area contributed by atoms with E-state index in [1.165, 1.54) is 0 Å². The first kappa shape index (κ1) is 11.3. The molecule has 2 aromatic heterocycles. The Hall–Kier alpha value is -1.81. The number of benzene rings is 1. The van der Waals surface area contributed by atoms with Crippen LogP contribution in [0, 0.1) is 0 Å². The minimum atomic E-state index is 0.516. The maximum Gasteiger partial charge on any atom is 0.120 e. The molecule has 0 aliphatic carbocycles. The molecule has 90 valence electrons. The Morgan fingerprint density at radius 3 is 3.00 bits per heavy atom. The van der Waals surface area contributed by atoms with Crippen molar-refractivity contribution >= 4 is 26.8 Å². The molecule has 3 nitrogen and oxygen atoms in total. The van der Waals surface area contributed by atoms with E-state index < -0.39 is 0 Å². The average Bonchev–Trinajstić information content (AvgIpc) is 2.84. The fraction of sp³-hybridized carbons (Fsp3) is 0.0714. The minimum absolute atomic E-state index is 0.516. The van der Waals surface area contributed by atoms with Crippen LogP contribution in [0.1, 0.15) is 5.56 Å². The van der Waals surface area contributed by atoms with Crippen molar-refractivity contribution < 1.29 is 4.74 Å². The molecule has 0 saturated carbocycles. The van der Waals surface area contributed by atoms with Gasteiger partial charge >= 0.3 is 0 Å². The second-order valence-electron chi connectivity index (χ2n) is 4.03. The molecule has 0 amide bonds. The second kappa shape index (κ2) is 4.82. The summed E-state index contributed by atoms with van der Waals surface area (Å²) in [5.74, 6) is 0.863. The number of rotatable bonds is 3. The van der Waals surface area contributed by atoms with Crippen molar-refractivity contribution in [3.8, 4) is 5.75 Å². The molecule has 0 saturated heterocycles. The third-order valence-corrected chi connectivity index (χ3v) is 3.13. The van der Waals surface area contributed by atoms with Crippen LogP contribution in [-0.4, -0.2) is 9.97 Å². The van der Waals surface area contributed by atoms with E-state index in [0.717, 1.165) is 26.7 Å². The highest BCUT2D eigenvalue weighted by molar-refractivity contribution is 9.10. The van der Waals surface area contributed by atoms with E-state index in [1.807, 2.05) is 36.5 Å². The fourth-order valence-electron chi connectivity index (χ4n) is 1.82. The van der Waals surface area contributed by atoms with E-state index in [1.54, 1.807) is 12.4 Å². The van der Waals surface area contributed by atoms with Crippen LogP contribution in [0.15, 0.2) is 53.4 Å². The van der Waals surface area contributed by atoms with E-state index in [2.05, 4.69) is 25.9 Å². The van der Waals surface area contributed by atoms with Crippen LogP contribution in [0.25, 0.3) is 10.9 Å². The third kappa shape index (κ3) is 2.38. The van der Waals surface area contributed by atoms with E-state index >= 15 is 0 Å². The topological polar surface area (TPSA) is 37.9 Å². The quantitative estimate of drug-likeness (QED) is 0.796. The standard InChI is InChI=1S/C14H11BrN2O/c15-12-5-10(7-16-8-12)9-18-13-1-2-14-11(6-13)3-4-17-14/h1-8,17H,9H2. The average molecular weight is 303 g/mol. The van der Waals surface area contributed by atoms with Gasteiger partial charge in [0.25, 0.3) is 0 Å². The van der Waals surface area contributed by atoms with Gasteiger partial charge in [0.05, 0.1) is 0 Å². The number of hydrogen-bond donors (Lipinski definition) is 1. The fourth-order valence-corrected chi connectivity index (χ4v) is 2.23. The molecule has 1 N–H and O–H groups in total. The number of aromatic nitrogens is 2. The highest BCUT2D eigenvalue weighted by atomic mass is 79.9. The van der Waals surface area contributed by atoms with Crippen LogP contribution < -0.4 is 4.74 Å². The summed E-state index contributed by atoms with van der Waals surface area (Å²) in [6, 6.07) is 10.0. The summed E-state index contributed by atoms with van der Waals surface area (Å²) in [4.78, 5) is 7.26. The number of nitrogens with zero attached hydrogens (tertiary/aromatic N) is 1. The van der Waals surface area contributed by atoms with Crippen LogP contribution in [0.4, 0.5) is 0 Å². The van der Waals surface area contributed by atoms with Crippen molar-refractivity contribution in [3.05, 3.63) is 59.0 Å². The predicted octanol–water partition coefficient (Wildman–Crippen LogP) is 3.90. The van der Waals surface area contributed by atoms with Crippen LogP contribution in [0.2, 0.25) is 0 Å². The number of hydrogen-bond acceptors (Lipinski definition) is 2. The Balaban J connectivity index is 1.76. The first-order chi connectivity index (χ1) is 8.81. The van der Waals surface area contributed by atoms with Gasteiger partial charge in [-0.05, 0) is 46.3 Å². The van der Waals surface area contributed by atoms with Gasteiger partial charge in [-0.15, -0.1) is 0 Å². The Morgan fingerprint density at radius 1 is 1.17 bits per heavy atom. The molecule has 0 radical (unpaired) electrons. The summed E-state index contributed by atoms with van der Waals surface area (Å²) < 4.78 is 6.71. The lowest BCUT2D eigenvalue weighted by Crippen LogP contribution is -1.95. The minimum Gasteiger partial charge on any atom is -0.489 e.